The predicted molar refractivity (Wildman–Crippen MR) is 107 cm³/mol. The molecule has 2 aromatic rings. The summed E-state index contributed by atoms with van der Waals surface area (Å²) in [5.41, 5.74) is 3.26. The Morgan fingerprint density at radius 3 is 2.59 bits per heavy atom. The molecule has 0 saturated carbocycles. The molecule has 1 aliphatic rings. The summed E-state index contributed by atoms with van der Waals surface area (Å²) in [6, 6.07) is 13.5. The molecule has 1 N–H and O–H groups in total. The Morgan fingerprint density at radius 1 is 1.26 bits per heavy atom. The van der Waals surface area contributed by atoms with Gasteiger partial charge >= 0.3 is 0 Å². The summed E-state index contributed by atoms with van der Waals surface area (Å²) >= 11 is 5.57. The number of nitrogens with one attached hydrogen (secondary N) is 1. The van der Waals surface area contributed by atoms with E-state index in [1.807, 2.05) is 36.1 Å². The van der Waals surface area contributed by atoms with Crippen LogP contribution in [0.15, 0.2) is 59.8 Å². The molecule has 140 valence electrons. The second-order valence-corrected chi connectivity index (χ2v) is 6.81. The van der Waals surface area contributed by atoms with E-state index < -0.39 is 0 Å². The number of nitrogens with zero attached hydrogens (tertiary/aromatic N) is 1. The summed E-state index contributed by atoms with van der Waals surface area (Å²) in [5.74, 6) is 0.404. The van der Waals surface area contributed by atoms with Gasteiger partial charge in [-0.3, -0.25) is 4.79 Å². The van der Waals surface area contributed by atoms with Crippen LogP contribution in [-0.2, 0) is 11.3 Å². The molecule has 1 heterocycles. The van der Waals surface area contributed by atoms with Crippen LogP contribution in [0, 0.1) is 5.82 Å². The molecule has 0 aromatic heterocycles. The largest absolute Gasteiger partial charge is 0.497 e. The zero-order chi connectivity index (χ0) is 19.6. The van der Waals surface area contributed by atoms with Gasteiger partial charge in [0.05, 0.1) is 13.2 Å². The minimum absolute atomic E-state index is 0.0283. The van der Waals surface area contributed by atoms with Gasteiger partial charge < -0.3 is 15.0 Å². The minimum Gasteiger partial charge on any atom is -0.497 e. The van der Waals surface area contributed by atoms with Crippen LogP contribution in [0.25, 0.3) is 0 Å². The number of thiocarbonyl (C=S) groups is 1. The fourth-order valence-electron chi connectivity index (χ4n) is 3.27. The van der Waals surface area contributed by atoms with Crippen LogP contribution < -0.4 is 10.1 Å². The highest BCUT2D eigenvalue weighted by Crippen LogP contribution is 2.33. The third kappa shape index (κ3) is 4.01. The highest BCUT2D eigenvalue weighted by Gasteiger charge is 2.32. The molecule has 0 radical (unpaired) electrons. The maximum Gasteiger partial charge on any atom is 0.174 e. The number of methoxy groups -OCH3 is 1. The molecular formula is C21H21FN2O2S. The lowest BCUT2D eigenvalue weighted by atomic mass is 9.92. The number of carbonyl (C=O) groups is 1. The lowest BCUT2D eigenvalue weighted by molar-refractivity contribution is -0.114. The molecule has 0 spiro atoms. The van der Waals surface area contributed by atoms with Crippen molar-refractivity contribution in [1.82, 2.24) is 10.2 Å². The van der Waals surface area contributed by atoms with Gasteiger partial charge in [-0.25, -0.2) is 4.39 Å². The van der Waals surface area contributed by atoms with Crippen LogP contribution in [-0.4, -0.2) is 22.9 Å². The summed E-state index contributed by atoms with van der Waals surface area (Å²) in [4.78, 5) is 14.3. The standard InChI is InChI=1S/C21H21FN2O2S/c1-13-19(14(2)25)20(16-5-4-6-18(11-16)26-3)23-21(27)24(13)12-15-7-9-17(22)10-8-15/h4-11,20H,12H2,1-3H3,(H,23,27). The first-order valence-electron chi connectivity index (χ1n) is 8.59. The van der Waals surface area contributed by atoms with Gasteiger partial charge in [0.25, 0.3) is 0 Å². The molecule has 0 fully saturated rings. The Morgan fingerprint density at radius 2 is 1.96 bits per heavy atom. The van der Waals surface area contributed by atoms with E-state index in [9.17, 15) is 9.18 Å². The number of hydrogen-bond acceptors (Lipinski definition) is 3. The topological polar surface area (TPSA) is 41.6 Å². The summed E-state index contributed by atoms with van der Waals surface area (Å²) in [5, 5.41) is 3.80. The average molecular weight is 384 g/mol. The molecule has 0 bridgehead atoms. The predicted octanol–water partition coefficient (Wildman–Crippen LogP) is 4.13. The zero-order valence-corrected chi connectivity index (χ0v) is 16.3. The van der Waals surface area contributed by atoms with Crippen molar-refractivity contribution in [2.24, 2.45) is 0 Å². The number of ether oxygens (including phenoxy) is 1. The summed E-state index contributed by atoms with van der Waals surface area (Å²) < 4.78 is 18.5. The molecule has 4 nitrogen and oxygen atoms in total. The summed E-state index contributed by atoms with van der Waals surface area (Å²) in [7, 11) is 1.61. The number of halogens is 1. The molecule has 0 saturated heterocycles. The molecular weight excluding hydrogens is 363 g/mol. The van der Waals surface area contributed by atoms with Crippen molar-refractivity contribution in [2.75, 3.05) is 7.11 Å². The van der Waals surface area contributed by atoms with Crippen molar-refractivity contribution in [2.45, 2.75) is 26.4 Å². The Labute approximate surface area is 163 Å². The first-order valence-corrected chi connectivity index (χ1v) is 8.99. The SMILES string of the molecule is COc1cccc(C2NC(=S)N(Cc3ccc(F)cc3)C(C)=C2C(C)=O)c1. The van der Waals surface area contributed by atoms with Crippen molar-refractivity contribution >= 4 is 23.1 Å². The minimum atomic E-state index is -0.338. The van der Waals surface area contributed by atoms with Crippen LogP contribution in [0.2, 0.25) is 0 Å². The third-order valence-corrected chi connectivity index (χ3v) is 4.99. The van der Waals surface area contributed by atoms with Crippen LogP contribution in [0.3, 0.4) is 0 Å². The molecule has 1 atom stereocenters. The number of carbonyl (C=O) groups excluding carboxylic acids is 1. The lowest BCUT2D eigenvalue weighted by Gasteiger charge is -2.38. The number of rotatable bonds is 5. The van der Waals surface area contributed by atoms with Gasteiger partial charge in [0.15, 0.2) is 10.9 Å². The van der Waals surface area contributed by atoms with Crippen molar-refractivity contribution in [3.05, 3.63) is 76.7 Å². The van der Waals surface area contributed by atoms with Crippen molar-refractivity contribution < 1.29 is 13.9 Å². The number of allylic oxidation sites excluding steroid dienone is 1. The second kappa shape index (κ2) is 7.88. The average Bonchev–Trinajstić information content (AvgIpc) is 2.65. The Kier molecular flexibility index (Phi) is 5.56. The maximum atomic E-state index is 13.2. The maximum absolute atomic E-state index is 13.2. The summed E-state index contributed by atoms with van der Waals surface area (Å²) in [6.45, 7) is 3.90. The van der Waals surface area contributed by atoms with E-state index in [4.69, 9.17) is 17.0 Å². The first kappa shape index (κ1) is 19.0. The van der Waals surface area contributed by atoms with Gasteiger partial charge in [-0.1, -0.05) is 24.3 Å². The molecule has 3 rings (SSSR count). The quantitative estimate of drug-likeness (QED) is 0.785. The number of ketones is 1. The van der Waals surface area contributed by atoms with Gasteiger partial charge in [-0.15, -0.1) is 0 Å². The van der Waals surface area contributed by atoms with Crippen LogP contribution >= 0.6 is 12.2 Å². The lowest BCUT2D eigenvalue weighted by Crippen LogP contribution is -2.47. The fraction of sp³-hybridized carbons (Fsp3) is 0.238. The molecule has 0 amide bonds. The zero-order valence-electron chi connectivity index (χ0n) is 15.5. The molecule has 1 aliphatic heterocycles. The highest BCUT2D eigenvalue weighted by atomic mass is 32.1. The van der Waals surface area contributed by atoms with Crippen LogP contribution in [0.4, 0.5) is 4.39 Å². The van der Waals surface area contributed by atoms with E-state index in [0.29, 0.717) is 17.2 Å². The van der Waals surface area contributed by atoms with Gasteiger partial charge in [0, 0.05) is 17.8 Å². The number of hydrogen-bond donors (Lipinski definition) is 1. The smallest absolute Gasteiger partial charge is 0.174 e. The van der Waals surface area contributed by atoms with Crippen molar-refractivity contribution in [1.29, 1.82) is 0 Å². The van der Waals surface area contributed by atoms with Crippen LogP contribution in [0.1, 0.15) is 31.0 Å². The van der Waals surface area contributed by atoms with Crippen molar-refractivity contribution in [3.8, 4) is 5.75 Å². The van der Waals surface area contributed by atoms with Crippen molar-refractivity contribution in [3.63, 3.8) is 0 Å². The van der Waals surface area contributed by atoms with Crippen LogP contribution in [0.5, 0.6) is 5.75 Å². The summed E-state index contributed by atoms with van der Waals surface area (Å²) in [6.07, 6.45) is 0. The monoisotopic (exact) mass is 384 g/mol. The number of benzene rings is 2. The molecule has 1 unspecified atom stereocenters. The first-order chi connectivity index (χ1) is 12.9. The van der Waals surface area contributed by atoms with Gasteiger partial charge in [-0.2, -0.15) is 0 Å². The molecule has 2 aromatic carbocycles. The van der Waals surface area contributed by atoms with E-state index in [-0.39, 0.29) is 17.6 Å². The molecule has 27 heavy (non-hydrogen) atoms. The van der Waals surface area contributed by atoms with E-state index in [1.165, 1.54) is 12.1 Å². The molecule has 6 heteroatoms. The Balaban J connectivity index is 1.99. The Hall–Kier alpha value is -2.73. The van der Waals surface area contributed by atoms with E-state index in [0.717, 1.165) is 22.6 Å². The highest BCUT2D eigenvalue weighted by molar-refractivity contribution is 7.80. The van der Waals surface area contributed by atoms with E-state index in [1.54, 1.807) is 26.2 Å². The van der Waals surface area contributed by atoms with E-state index in [2.05, 4.69) is 5.32 Å². The van der Waals surface area contributed by atoms with Gasteiger partial charge in [0.1, 0.15) is 11.6 Å². The second-order valence-electron chi connectivity index (χ2n) is 6.43. The van der Waals surface area contributed by atoms with Gasteiger partial charge in [-0.05, 0) is 61.5 Å². The van der Waals surface area contributed by atoms with E-state index >= 15 is 0 Å². The Bertz CT molecular complexity index is 909. The third-order valence-electron chi connectivity index (χ3n) is 4.66. The van der Waals surface area contributed by atoms with Gasteiger partial charge in [0.2, 0.25) is 0 Å². The number of Topliss-reactive ketones (excluding diaryl/α,β-unsaturated/α-hetero) is 1. The normalized spacial score (nSPS) is 17.0. The molecule has 0 aliphatic carbocycles. The fourth-order valence-corrected chi connectivity index (χ4v) is 3.59.